The zero-order valence-electron chi connectivity index (χ0n) is 10.9. The fourth-order valence-corrected chi connectivity index (χ4v) is 2.98. The van der Waals surface area contributed by atoms with Gasteiger partial charge in [-0.1, -0.05) is 12.1 Å². The van der Waals surface area contributed by atoms with E-state index >= 15 is 0 Å². The summed E-state index contributed by atoms with van der Waals surface area (Å²) in [6.45, 7) is 0.798. The second kappa shape index (κ2) is 5.94. The maximum absolute atomic E-state index is 11.9. The van der Waals surface area contributed by atoms with Gasteiger partial charge in [0.2, 0.25) is 0 Å². The number of benzene rings is 1. The molecular weight excluding hydrogens is 292 g/mol. The van der Waals surface area contributed by atoms with Crippen molar-refractivity contribution in [1.82, 2.24) is 10.3 Å². The average Bonchev–Trinajstić information content (AvgIpc) is 3.20. The Hall–Kier alpha value is -1.39. The molecule has 1 aliphatic carbocycles. The monoisotopic (exact) mass is 306 g/mol. The fraction of sp³-hybridized carbons (Fsp3) is 0.333. The van der Waals surface area contributed by atoms with Crippen LogP contribution in [0, 0.1) is 5.92 Å². The summed E-state index contributed by atoms with van der Waals surface area (Å²) >= 11 is 7.32. The molecule has 0 saturated heterocycles. The summed E-state index contributed by atoms with van der Waals surface area (Å²) in [5.41, 5.74) is 2.60. The van der Waals surface area contributed by atoms with Crippen molar-refractivity contribution in [3.8, 4) is 10.6 Å². The summed E-state index contributed by atoms with van der Waals surface area (Å²) in [6.07, 6.45) is 2.48. The van der Waals surface area contributed by atoms with Gasteiger partial charge in [-0.25, -0.2) is 4.98 Å². The zero-order chi connectivity index (χ0) is 13.9. The van der Waals surface area contributed by atoms with E-state index in [4.69, 9.17) is 11.6 Å². The lowest BCUT2D eigenvalue weighted by Gasteiger charge is -2.04. The number of hydrogen-bond donors (Lipinski definition) is 1. The van der Waals surface area contributed by atoms with Gasteiger partial charge in [0.25, 0.3) is 5.91 Å². The van der Waals surface area contributed by atoms with E-state index in [0.29, 0.717) is 17.4 Å². The normalized spacial score (nSPS) is 14.2. The summed E-state index contributed by atoms with van der Waals surface area (Å²) < 4.78 is 0. The second-order valence-corrected chi connectivity index (χ2v) is 6.13. The topological polar surface area (TPSA) is 42.0 Å². The van der Waals surface area contributed by atoms with E-state index in [1.54, 1.807) is 11.3 Å². The average molecular weight is 307 g/mol. The van der Waals surface area contributed by atoms with Crippen LogP contribution in [0.1, 0.15) is 28.9 Å². The van der Waals surface area contributed by atoms with Crippen LogP contribution in [-0.2, 0) is 5.88 Å². The molecule has 0 atom stereocenters. The van der Waals surface area contributed by atoms with Crippen LogP contribution >= 0.6 is 22.9 Å². The SMILES string of the molecule is O=C(NCC1CC1)c1ccc(-c2nc(CCl)cs2)cc1. The van der Waals surface area contributed by atoms with Crippen molar-refractivity contribution in [2.75, 3.05) is 6.54 Å². The highest BCUT2D eigenvalue weighted by atomic mass is 35.5. The van der Waals surface area contributed by atoms with Gasteiger partial charge in [-0.15, -0.1) is 22.9 Å². The Bertz CT molecular complexity index is 605. The van der Waals surface area contributed by atoms with E-state index in [1.165, 1.54) is 12.8 Å². The van der Waals surface area contributed by atoms with E-state index in [9.17, 15) is 4.79 Å². The summed E-state index contributed by atoms with van der Waals surface area (Å²) in [5, 5.41) is 5.86. The van der Waals surface area contributed by atoms with Gasteiger partial charge in [0, 0.05) is 23.1 Å². The van der Waals surface area contributed by atoms with Crippen molar-refractivity contribution in [2.24, 2.45) is 5.92 Å². The van der Waals surface area contributed by atoms with Gasteiger partial charge in [-0.05, 0) is 30.9 Å². The molecule has 0 spiro atoms. The number of alkyl halides is 1. The minimum absolute atomic E-state index is 0.00374. The Morgan fingerprint density at radius 1 is 1.35 bits per heavy atom. The van der Waals surface area contributed by atoms with E-state index in [0.717, 1.165) is 22.8 Å². The number of carbonyl (C=O) groups excluding carboxylic acids is 1. The number of nitrogens with zero attached hydrogens (tertiary/aromatic N) is 1. The van der Waals surface area contributed by atoms with Gasteiger partial charge in [0.15, 0.2) is 0 Å². The standard InChI is InChI=1S/C15H15ClN2OS/c16-7-13-9-20-15(18-13)12-5-3-11(4-6-12)14(19)17-8-10-1-2-10/h3-6,9-10H,1-2,7-8H2,(H,17,19). The smallest absolute Gasteiger partial charge is 0.251 e. The highest BCUT2D eigenvalue weighted by molar-refractivity contribution is 7.13. The Balaban J connectivity index is 1.68. The van der Waals surface area contributed by atoms with Crippen LogP contribution in [0.5, 0.6) is 0 Å². The molecule has 3 nitrogen and oxygen atoms in total. The van der Waals surface area contributed by atoms with Crippen LogP contribution in [0.3, 0.4) is 0 Å². The number of thiazole rings is 1. The molecule has 1 fully saturated rings. The minimum atomic E-state index is 0.00374. The van der Waals surface area contributed by atoms with Crippen molar-refractivity contribution in [2.45, 2.75) is 18.7 Å². The third kappa shape index (κ3) is 3.19. The van der Waals surface area contributed by atoms with Crippen molar-refractivity contribution in [1.29, 1.82) is 0 Å². The number of halogens is 1. The molecular formula is C15H15ClN2OS. The molecule has 0 bridgehead atoms. The maximum Gasteiger partial charge on any atom is 0.251 e. The van der Waals surface area contributed by atoms with E-state index in [1.807, 2.05) is 29.6 Å². The number of amides is 1. The van der Waals surface area contributed by atoms with Crippen molar-refractivity contribution in [3.63, 3.8) is 0 Å². The first kappa shape index (κ1) is 13.6. The van der Waals surface area contributed by atoms with Crippen LogP contribution in [0.2, 0.25) is 0 Å². The Kier molecular flexibility index (Phi) is 4.03. The van der Waals surface area contributed by atoms with Crippen LogP contribution in [-0.4, -0.2) is 17.4 Å². The third-order valence-electron chi connectivity index (χ3n) is 3.33. The Labute approximate surface area is 127 Å². The third-order valence-corrected chi connectivity index (χ3v) is 4.54. The van der Waals surface area contributed by atoms with Gasteiger partial charge < -0.3 is 5.32 Å². The molecule has 1 aromatic heterocycles. The van der Waals surface area contributed by atoms with E-state index < -0.39 is 0 Å². The molecule has 1 amide bonds. The highest BCUT2D eigenvalue weighted by Gasteiger charge is 2.21. The maximum atomic E-state index is 11.9. The molecule has 0 unspecified atom stereocenters. The summed E-state index contributed by atoms with van der Waals surface area (Å²) in [6, 6.07) is 7.56. The van der Waals surface area contributed by atoms with Crippen LogP contribution < -0.4 is 5.32 Å². The molecule has 1 heterocycles. The highest BCUT2D eigenvalue weighted by Crippen LogP contribution is 2.28. The lowest BCUT2D eigenvalue weighted by atomic mass is 10.1. The Morgan fingerprint density at radius 2 is 2.10 bits per heavy atom. The first-order valence-corrected chi connectivity index (χ1v) is 8.06. The zero-order valence-corrected chi connectivity index (χ0v) is 12.5. The number of nitrogens with one attached hydrogen (secondary N) is 1. The molecule has 104 valence electrons. The molecule has 1 aromatic carbocycles. The summed E-state index contributed by atoms with van der Waals surface area (Å²) in [4.78, 5) is 16.4. The van der Waals surface area contributed by atoms with Crippen LogP contribution in [0.15, 0.2) is 29.6 Å². The van der Waals surface area contributed by atoms with Crippen molar-refractivity contribution in [3.05, 3.63) is 40.9 Å². The predicted molar refractivity (Wildman–Crippen MR) is 82.2 cm³/mol. The molecule has 20 heavy (non-hydrogen) atoms. The van der Waals surface area contributed by atoms with Crippen molar-refractivity contribution < 1.29 is 4.79 Å². The summed E-state index contributed by atoms with van der Waals surface area (Å²) in [7, 11) is 0. The Morgan fingerprint density at radius 3 is 2.70 bits per heavy atom. The molecule has 1 saturated carbocycles. The van der Waals surface area contributed by atoms with Crippen LogP contribution in [0.25, 0.3) is 10.6 Å². The van der Waals surface area contributed by atoms with Crippen molar-refractivity contribution >= 4 is 28.8 Å². The van der Waals surface area contributed by atoms with E-state index in [2.05, 4.69) is 10.3 Å². The van der Waals surface area contributed by atoms with Gasteiger partial charge in [-0.3, -0.25) is 4.79 Å². The lowest BCUT2D eigenvalue weighted by Crippen LogP contribution is -2.25. The number of carbonyl (C=O) groups is 1. The molecule has 3 rings (SSSR count). The first-order chi connectivity index (χ1) is 9.76. The fourth-order valence-electron chi connectivity index (χ4n) is 1.93. The van der Waals surface area contributed by atoms with Gasteiger partial charge in [0.05, 0.1) is 11.6 Å². The number of aromatic nitrogens is 1. The van der Waals surface area contributed by atoms with Gasteiger partial charge in [-0.2, -0.15) is 0 Å². The number of rotatable bonds is 5. The minimum Gasteiger partial charge on any atom is -0.352 e. The van der Waals surface area contributed by atoms with Gasteiger partial charge >= 0.3 is 0 Å². The number of hydrogen-bond acceptors (Lipinski definition) is 3. The predicted octanol–water partition coefficient (Wildman–Crippen LogP) is 3.69. The van der Waals surface area contributed by atoms with Gasteiger partial charge in [0.1, 0.15) is 5.01 Å². The molecule has 5 heteroatoms. The molecule has 1 aliphatic rings. The second-order valence-electron chi connectivity index (χ2n) is 5.01. The largest absolute Gasteiger partial charge is 0.352 e. The van der Waals surface area contributed by atoms with Crippen LogP contribution in [0.4, 0.5) is 0 Å². The molecule has 1 N–H and O–H groups in total. The molecule has 0 radical (unpaired) electrons. The quantitative estimate of drug-likeness (QED) is 0.856. The lowest BCUT2D eigenvalue weighted by molar-refractivity contribution is 0.0952. The first-order valence-electron chi connectivity index (χ1n) is 6.65. The molecule has 2 aromatic rings. The summed E-state index contributed by atoms with van der Waals surface area (Å²) in [5.74, 6) is 1.13. The van der Waals surface area contributed by atoms with E-state index in [-0.39, 0.29) is 5.91 Å². The molecule has 0 aliphatic heterocycles.